The van der Waals surface area contributed by atoms with E-state index in [0.717, 1.165) is 12.0 Å². The smallest absolute Gasteiger partial charge is 0.179 e. The number of ether oxygens (including phenoxy) is 2. The normalized spacial score (nSPS) is 16.5. The molecule has 2 rings (SSSR count). The van der Waals surface area contributed by atoms with E-state index in [2.05, 4.69) is 18.3 Å². The second kappa shape index (κ2) is 6.14. The number of hydrogen-bond acceptors (Lipinski definition) is 4. The third-order valence-electron chi connectivity index (χ3n) is 3.15. The third-order valence-corrected chi connectivity index (χ3v) is 3.43. The van der Waals surface area contributed by atoms with Gasteiger partial charge in [0.25, 0.3) is 0 Å². The zero-order valence-electron chi connectivity index (χ0n) is 11.1. The third kappa shape index (κ3) is 3.12. The van der Waals surface area contributed by atoms with Crippen molar-refractivity contribution in [1.82, 2.24) is 5.32 Å². The van der Waals surface area contributed by atoms with E-state index in [1.807, 2.05) is 13.0 Å². The lowest BCUT2D eigenvalue weighted by molar-refractivity contribution is 0.171. The minimum absolute atomic E-state index is 0.261. The Hall–Kier alpha value is -1.44. The molecular weight excluding hydrogens is 264 g/mol. The maximum Gasteiger partial charge on any atom is 0.179 e. The van der Waals surface area contributed by atoms with Crippen molar-refractivity contribution >= 4 is 11.6 Å². The molecule has 19 heavy (non-hydrogen) atoms. The van der Waals surface area contributed by atoms with Crippen molar-refractivity contribution in [2.24, 2.45) is 0 Å². The predicted molar refractivity (Wildman–Crippen MR) is 73.7 cm³/mol. The fourth-order valence-electron chi connectivity index (χ4n) is 1.91. The van der Waals surface area contributed by atoms with Gasteiger partial charge in [-0.1, -0.05) is 18.5 Å². The van der Waals surface area contributed by atoms with Gasteiger partial charge in [-0.25, -0.2) is 0 Å². The number of halogens is 1. The Morgan fingerprint density at radius 3 is 2.84 bits per heavy atom. The fraction of sp³-hybridized carbons (Fsp3) is 0.500. The molecule has 0 aliphatic carbocycles. The maximum absolute atomic E-state index is 9.29. The Morgan fingerprint density at radius 2 is 2.16 bits per heavy atom. The van der Waals surface area contributed by atoms with Gasteiger partial charge in [0.05, 0.1) is 11.1 Å². The van der Waals surface area contributed by atoms with Crippen LogP contribution in [0.3, 0.4) is 0 Å². The first-order valence-corrected chi connectivity index (χ1v) is 6.78. The number of rotatable bonds is 4. The highest BCUT2D eigenvalue weighted by Crippen LogP contribution is 2.39. The molecule has 1 aromatic rings. The summed E-state index contributed by atoms with van der Waals surface area (Å²) in [6.45, 7) is 5.12. The summed E-state index contributed by atoms with van der Waals surface area (Å²) in [7, 11) is 0. The second-order valence-electron chi connectivity index (χ2n) is 4.56. The SMILES string of the molecule is CCC(C)NC(C#N)c1cc(Cl)c2c(c1)OCCO2. The Morgan fingerprint density at radius 1 is 1.42 bits per heavy atom. The van der Waals surface area contributed by atoms with Gasteiger partial charge in [0.15, 0.2) is 11.5 Å². The van der Waals surface area contributed by atoms with Crippen LogP contribution in [0.1, 0.15) is 31.9 Å². The zero-order chi connectivity index (χ0) is 13.8. The van der Waals surface area contributed by atoms with Crippen LogP contribution < -0.4 is 14.8 Å². The lowest BCUT2D eigenvalue weighted by Crippen LogP contribution is -2.29. The van der Waals surface area contributed by atoms with E-state index < -0.39 is 6.04 Å². The molecule has 2 unspecified atom stereocenters. The van der Waals surface area contributed by atoms with Crippen LogP contribution in [-0.4, -0.2) is 19.3 Å². The molecule has 0 amide bonds. The van der Waals surface area contributed by atoms with Gasteiger partial charge in [-0.05, 0) is 31.0 Å². The summed E-state index contributed by atoms with van der Waals surface area (Å²) in [5, 5.41) is 13.0. The lowest BCUT2D eigenvalue weighted by Gasteiger charge is -2.22. The topological polar surface area (TPSA) is 54.3 Å². The average Bonchev–Trinajstić information content (AvgIpc) is 2.44. The number of nitrogens with zero attached hydrogens (tertiary/aromatic N) is 1. The molecule has 1 N–H and O–H groups in total. The minimum Gasteiger partial charge on any atom is -0.486 e. The Bertz CT molecular complexity index is 499. The molecule has 1 aliphatic heterocycles. The van der Waals surface area contributed by atoms with Gasteiger partial charge >= 0.3 is 0 Å². The first kappa shape index (κ1) is 14.0. The number of benzene rings is 1. The number of nitrogens with one attached hydrogen (secondary N) is 1. The summed E-state index contributed by atoms with van der Waals surface area (Å²) in [6, 6.07) is 5.70. The minimum atomic E-state index is -0.400. The van der Waals surface area contributed by atoms with Gasteiger partial charge in [-0.15, -0.1) is 0 Å². The monoisotopic (exact) mass is 280 g/mol. The van der Waals surface area contributed by atoms with E-state index >= 15 is 0 Å². The molecule has 0 fully saturated rings. The van der Waals surface area contributed by atoms with Crippen LogP contribution in [0.25, 0.3) is 0 Å². The number of nitriles is 1. The average molecular weight is 281 g/mol. The van der Waals surface area contributed by atoms with Gasteiger partial charge in [-0.3, -0.25) is 5.32 Å². The molecule has 1 aromatic carbocycles. The summed E-state index contributed by atoms with van der Waals surface area (Å²) in [6.07, 6.45) is 0.955. The van der Waals surface area contributed by atoms with E-state index in [4.69, 9.17) is 21.1 Å². The molecule has 102 valence electrons. The molecule has 0 saturated heterocycles. The highest BCUT2D eigenvalue weighted by Gasteiger charge is 2.21. The maximum atomic E-state index is 9.29. The highest BCUT2D eigenvalue weighted by atomic mass is 35.5. The second-order valence-corrected chi connectivity index (χ2v) is 4.97. The van der Waals surface area contributed by atoms with Crippen molar-refractivity contribution in [2.75, 3.05) is 13.2 Å². The Labute approximate surface area is 118 Å². The molecule has 2 atom stereocenters. The van der Waals surface area contributed by atoms with E-state index in [-0.39, 0.29) is 6.04 Å². The quantitative estimate of drug-likeness (QED) is 0.921. The lowest BCUT2D eigenvalue weighted by atomic mass is 10.1. The molecular formula is C14H17ClN2O2. The number of fused-ring (bicyclic) bond motifs is 1. The summed E-state index contributed by atoms with van der Waals surface area (Å²) in [4.78, 5) is 0. The zero-order valence-corrected chi connectivity index (χ0v) is 11.8. The molecule has 5 heteroatoms. The predicted octanol–water partition coefficient (Wildman–Crippen LogP) is 3.06. The van der Waals surface area contributed by atoms with Crippen molar-refractivity contribution < 1.29 is 9.47 Å². The van der Waals surface area contributed by atoms with Gasteiger partial charge in [0.2, 0.25) is 0 Å². The van der Waals surface area contributed by atoms with Gasteiger partial charge in [-0.2, -0.15) is 5.26 Å². The van der Waals surface area contributed by atoms with Crippen molar-refractivity contribution in [1.29, 1.82) is 5.26 Å². The van der Waals surface area contributed by atoms with Crippen LogP contribution in [0.2, 0.25) is 5.02 Å². The van der Waals surface area contributed by atoms with Gasteiger partial charge < -0.3 is 9.47 Å². The Kier molecular flexibility index (Phi) is 4.52. The van der Waals surface area contributed by atoms with Crippen LogP contribution in [0, 0.1) is 11.3 Å². The van der Waals surface area contributed by atoms with Crippen LogP contribution >= 0.6 is 11.6 Å². The van der Waals surface area contributed by atoms with Gasteiger partial charge in [0.1, 0.15) is 19.3 Å². The van der Waals surface area contributed by atoms with Crippen LogP contribution in [-0.2, 0) is 0 Å². The van der Waals surface area contributed by atoms with Crippen molar-refractivity contribution in [2.45, 2.75) is 32.4 Å². The molecule has 0 spiro atoms. The first-order valence-electron chi connectivity index (χ1n) is 6.40. The highest BCUT2D eigenvalue weighted by molar-refractivity contribution is 6.32. The Balaban J connectivity index is 2.29. The van der Waals surface area contributed by atoms with Crippen molar-refractivity contribution in [3.8, 4) is 17.6 Å². The summed E-state index contributed by atoms with van der Waals surface area (Å²) >= 11 is 6.18. The molecule has 0 saturated carbocycles. The van der Waals surface area contributed by atoms with E-state index in [1.165, 1.54) is 0 Å². The van der Waals surface area contributed by atoms with Crippen LogP contribution in [0.4, 0.5) is 0 Å². The van der Waals surface area contributed by atoms with Crippen molar-refractivity contribution in [3.05, 3.63) is 22.7 Å². The molecule has 0 radical (unpaired) electrons. The van der Waals surface area contributed by atoms with E-state index in [0.29, 0.717) is 29.7 Å². The summed E-state index contributed by atoms with van der Waals surface area (Å²) in [5.41, 5.74) is 0.803. The largest absolute Gasteiger partial charge is 0.486 e. The summed E-state index contributed by atoms with van der Waals surface area (Å²) in [5.74, 6) is 1.18. The molecule has 1 heterocycles. The standard InChI is InChI=1S/C14H17ClN2O2/c1-3-9(2)17-12(8-16)10-6-11(15)14-13(7-10)18-4-5-19-14/h6-7,9,12,17H,3-5H2,1-2H3. The number of hydrogen-bond donors (Lipinski definition) is 1. The van der Waals surface area contributed by atoms with Crippen molar-refractivity contribution in [3.63, 3.8) is 0 Å². The summed E-state index contributed by atoms with van der Waals surface area (Å²) < 4.78 is 11.0. The van der Waals surface area contributed by atoms with E-state index in [9.17, 15) is 5.26 Å². The molecule has 4 nitrogen and oxygen atoms in total. The van der Waals surface area contributed by atoms with Crippen LogP contribution in [0.15, 0.2) is 12.1 Å². The molecule has 0 aromatic heterocycles. The van der Waals surface area contributed by atoms with Gasteiger partial charge in [0, 0.05) is 6.04 Å². The van der Waals surface area contributed by atoms with E-state index in [1.54, 1.807) is 6.07 Å². The molecule has 1 aliphatic rings. The fourth-order valence-corrected chi connectivity index (χ4v) is 2.18. The first-order chi connectivity index (χ1) is 9.15. The molecule has 0 bridgehead atoms. The van der Waals surface area contributed by atoms with Crippen LogP contribution in [0.5, 0.6) is 11.5 Å².